The monoisotopic (exact) mass is 393 g/mol. The van der Waals surface area contributed by atoms with Crippen molar-refractivity contribution in [3.05, 3.63) is 28.8 Å². The Labute approximate surface area is 170 Å². The molecule has 2 N–H and O–H groups in total. The maximum Gasteiger partial charge on any atom is 0.185 e. The van der Waals surface area contributed by atoms with Gasteiger partial charge in [-0.2, -0.15) is 0 Å². The number of hydrogen-bond donors (Lipinski definition) is 2. The summed E-state index contributed by atoms with van der Waals surface area (Å²) < 4.78 is 0. The summed E-state index contributed by atoms with van der Waals surface area (Å²) in [5.74, 6) is 1.39. The normalized spacial score (nSPS) is 23.4. The van der Waals surface area contributed by atoms with Gasteiger partial charge in [-0.3, -0.25) is 4.99 Å². The molecule has 0 saturated carbocycles. The summed E-state index contributed by atoms with van der Waals surface area (Å²) in [4.78, 5) is 6.79. The largest absolute Gasteiger partial charge is 1.00 e. The number of phenols is 1. The van der Waals surface area contributed by atoms with Crippen LogP contribution in [-0.4, -0.2) is 34.0 Å². The van der Waals surface area contributed by atoms with Gasteiger partial charge in [0.1, 0.15) is 11.6 Å². The fourth-order valence-corrected chi connectivity index (χ4v) is 4.10. The molecule has 0 aromatic heterocycles. The van der Waals surface area contributed by atoms with Crippen molar-refractivity contribution < 1.29 is 22.6 Å². The first-order chi connectivity index (χ1) is 11.9. The van der Waals surface area contributed by atoms with Crippen LogP contribution >= 0.6 is 0 Å². The van der Waals surface area contributed by atoms with Crippen molar-refractivity contribution in [2.45, 2.75) is 83.8 Å². The molecule has 27 heavy (non-hydrogen) atoms. The summed E-state index contributed by atoms with van der Waals surface area (Å²) in [7, 11) is 0. The SMILES string of the molecule is CC(C)(C)c1cc(C2(O)CN=C3CCCCCN32)cc(C(C)(C)C)c1O.[Cl-]. The first-order valence-electron chi connectivity index (χ1n) is 9.86. The van der Waals surface area contributed by atoms with Crippen molar-refractivity contribution in [1.82, 2.24) is 4.90 Å². The van der Waals surface area contributed by atoms with E-state index in [1.807, 2.05) is 12.1 Å². The molecule has 1 saturated heterocycles. The van der Waals surface area contributed by atoms with E-state index in [1.165, 1.54) is 6.42 Å². The Bertz CT molecular complexity index is 696. The zero-order valence-corrected chi connectivity index (χ0v) is 18.3. The molecule has 5 heteroatoms. The predicted molar refractivity (Wildman–Crippen MR) is 107 cm³/mol. The van der Waals surface area contributed by atoms with Crippen LogP contribution in [0.5, 0.6) is 5.75 Å². The topological polar surface area (TPSA) is 56.1 Å². The average molecular weight is 394 g/mol. The number of aliphatic imine (C=N–C) groups is 1. The lowest BCUT2D eigenvalue weighted by molar-refractivity contribution is -0.0559. The highest BCUT2D eigenvalue weighted by atomic mass is 35.5. The summed E-state index contributed by atoms with van der Waals surface area (Å²) >= 11 is 0. The maximum absolute atomic E-state index is 11.7. The Morgan fingerprint density at radius 1 is 0.963 bits per heavy atom. The van der Waals surface area contributed by atoms with E-state index in [1.54, 1.807) is 0 Å². The maximum atomic E-state index is 11.7. The third kappa shape index (κ3) is 3.97. The molecule has 4 nitrogen and oxygen atoms in total. The van der Waals surface area contributed by atoms with Crippen LogP contribution in [0.25, 0.3) is 0 Å². The highest BCUT2D eigenvalue weighted by molar-refractivity contribution is 5.85. The molecule has 2 aliphatic rings. The number of nitrogens with zero attached hydrogens (tertiary/aromatic N) is 2. The molecule has 1 aromatic carbocycles. The Kier molecular flexibility index (Phi) is 5.95. The van der Waals surface area contributed by atoms with E-state index in [-0.39, 0.29) is 23.2 Å². The number of halogens is 1. The second-order valence-corrected chi connectivity index (χ2v) is 9.93. The lowest BCUT2D eigenvalue weighted by Crippen LogP contribution is -3.00. The molecule has 1 atom stereocenters. The van der Waals surface area contributed by atoms with Crippen LogP contribution in [0.3, 0.4) is 0 Å². The van der Waals surface area contributed by atoms with Crippen LogP contribution in [0, 0.1) is 0 Å². The molecule has 2 aliphatic heterocycles. The van der Waals surface area contributed by atoms with Gasteiger partial charge in [-0.1, -0.05) is 48.0 Å². The predicted octanol–water partition coefficient (Wildman–Crippen LogP) is 1.42. The number of phenolic OH excluding ortho intramolecular Hbond substituents is 1. The summed E-state index contributed by atoms with van der Waals surface area (Å²) in [6.07, 6.45) is 4.35. The molecular weight excluding hydrogens is 360 g/mol. The molecule has 0 radical (unpaired) electrons. The number of amidine groups is 1. The first-order valence-corrected chi connectivity index (χ1v) is 9.86. The lowest BCUT2D eigenvalue weighted by atomic mass is 9.77. The number of aliphatic hydroxyl groups is 1. The van der Waals surface area contributed by atoms with E-state index in [0.29, 0.717) is 12.3 Å². The second kappa shape index (κ2) is 7.29. The van der Waals surface area contributed by atoms with Gasteiger partial charge in [0.15, 0.2) is 5.72 Å². The van der Waals surface area contributed by atoms with Crippen LogP contribution in [-0.2, 0) is 16.6 Å². The second-order valence-electron chi connectivity index (χ2n) is 9.93. The number of rotatable bonds is 1. The van der Waals surface area contributed by atoms with Crippen molar-refractivity contribution >= 4 is 5.84 Å². The Balaban J connectivity index is 0.00000261. The number of fused-ring (bicyclic) bond motifs is 1. The van der Waals surface area contributed by atoms with Gasteiger partial charge in [-0.15, -0.1) is 0 Å². The minimum absolute atomic E-state index is 0. The van der Waals surface area contributed by atoms with E-state index < -0.39 is 5.72 Å². The Morgan fingerprint density at radius 3 is 2.04 bits per heavy atom. The quantitative estimate of drug-likeness (QED) is 0.758. The third-order valence-electron chi connectivity index (χ3n) is 5.71. The van der Waals surface area contributed by atoms with Crippen LogP contribution < -0.4 is 12.4 Å². The summed E-state index contributed by atoms with van der Waals surface area (Å²) in [6, 6.07) is 3.99. The lowest BCUT2D eigenvalue weighted by Gasteiger charge is -2.37. The molecule has 1 unspecified atom stereocenters. The van der Waals surface area contributed by atoms with Gasteiger partial charge >= 0.3 is 0 Å². The smallest absolute Gasteiger partial charge is 0.185 e. The number of aromatic hydroxyl groups is 1. The molecular formula is C22H34ClN2O2-. The van der Waals surface area contributed by atoms with Gasteiger partial charge in [0, 0.05) is 18.5 Å². The van der Waals surface area contributed by atoms with Crippen molar-refractivity contribution in [3.63, 3.8) is 0 Å². The van der Waals surface area contributed by atoms with Crippen LogP contribution in [0.4, 0.5) is 0 Å². The van der Waals surface area contributed by atoms with E-state index in [4.69, 9.17) is 0 Å². The standard InChI is InChI=1S/C22H34N2O2.ClH/c1-20(2,3)16-12-15(13-17(19(16)25)21(4,5)6)22(26)14-23-18-10-8-7-9-11-24(18)22;/h12-13,25-26H,7-11,14H2,1-6H3;1H/p-1. The summed E-state index contributed by atoms with van der Waals surface area (Å²) in [5.41, 5.74) is 1.10. The van der Waals surface area contributed by atoms with Gasteiger partial charge in [0.2, 0.25) is 0 Å². The number of hydrogen-bond acceptors (Lipinski definition) is 4. The van der Waals surface area contributed by atoms with E-state index in [0.717, 1.165) is 48.3 Å². The molecule has 0 amide bonds. The van der Waals surface area contributed by atoms with Crippen LogP contribution in [0.1, 0.15) is 83.9 Å². The van der Waals surface area contributed by atoms with Gasteiger partial charge in [0.05, 0.1) is 6.54 Å². The zero-order valence-electron chi connectivity index (χ0n) is 17.6. The van der Waals surface area contributed by atoms with Crippen molar-refractivity contribution in [3.8, 4) is 5.75 Å². The van der Waals surface area contributed by atoms with Gasteiger partial charge in [0.25, 0.3) is 0 Å². The molecule has 3 rings (SSSR count). The minimum Gasteiger partial charge on any atom is -1.00 e. The van der Waals surface area contributed by atoms with Crippen molar-refractivity contribution in [2.24, 2.45) is 4.99 Å². The van der Waals surface area contributed by atoms with Crippen LogP contribution in [0.15, 0.2) is 17.1 Å². The van der Waals surface area contributed by atoms with Crippen molar-refractivity contribution in [1.29, 1.82) is 0 Å². The molecule has 0 spiro atoms. The Morgan fingerprint density at radius 2 is 1.52 bits per heavy atom. The summed E-state index contributed by atoms with van der Waals surface area (Å²) in [5, 5.41) is 22.6. The third-order valence-corrected chi connectivity index (χ3v) is 5.71. The Hall–Kier alpha value is -1.26. The molecule has 0 bridgehead atoms. The zero-order chi connectivity index (χ0) is 19.3. The summed E-state index contributed by atoms with van der Waals surface area (Å²) in [6.45, 7) is 13.8. The average Bonchev–Trinajstić information content (AvgIpc) is 2.70. The first kappa shape index (κ1) is 22.0. The van der Waals surface area contributed by atoms with E-state index in [9.17, 15) is 10.2 Å². The molecule has 1 fully saturated rings. The fraction of sp³-hybridized carbons (Fsp3) is 0.682. The molecule has 0 aliphatic carbocycles. The minimum atomic E-state index is -1.10. The van der Waals surface area contributed by atoms with Gasteiger partial charge in [-0.05, 0) is 46.9 Å². The van der Waals surface area contributed by atoms with Gasteiger partial charge < -0.3 is 27.5 Å². The molecule has 152 valence electrons. The van der Waals surface area contributed by atoms with Crippen molar-refractivity contribution in [2.75, 3.05) is 13.1 Å². The van der Waals surface area contributed by atoms with Crippen LogP contribution in [0.2, 0.25) is 0 Å². The highest BCUT2D eigenvalue weighted by Crippen LogP contribution is 2.44. The van der Waals surface area contributed by atoms with E-state index >= 15 is 0 Å². The molecule has 2 heterocycles. The highest BCUT2D eigenvalue weighted by Gasteiger charge is 2.44. The number of benzene rings is 1. The fourth-order valence-electron chi connectivity index (χ4n) is 4.10. The van der Waals surface area contributed by atoms with Gasteiger partial charge in [-0.25, -0.2) is 0 Å². The molecule has 1 aromatic rings. The van der Waals surface area contributed by atoms with E-state index in [2.05, 4.69) is 51.4 Å².